The molecule has 2 aliphatic rings. The van der Waals surface area contributed by atoms with Crippen molar-refractivity contribution in [1.29, 1.82) is 0 Å². The van der Waals surface area contributed by atoms with Gasteiger partial charge in [0.25, 0.3) is 11.5 Å². The molecule has 5 rings (SSSR count). The molecule has 0 bridgehead atoms. The number of pyridine rings is 2. The highest BCUT2D eigenvalue weighted by molar-refractivity contribution is 6.08. The standard InChI is InChI=1S/C25H29N7O3/c1-15-20(14-29-25-22(15)27-10-13-35-25)31-19-6-9-28-23(33)21(19)24(34)30-17-2-4-18(5-3-17)32-11-7-16(26)8-12-32/h2-6,9,14,16,27H,7-8,10-13,26H2,1H3,(H,30,34)(H2,28,31,33). The maximum atomic E-state index is 13.1. The van der Waals surface area contributed by atoms with Crippen LogP contribution < -0.4 is 36.9 Å². The summed E-state index contributed by atoms with van der Waals surface area (Å²) in [5.74, 6) is 0.0371. The third kappa shape index (κ3) is 4.78. The maximum absolute atomic E-state index is 13.1. The third-order valence-corrected chi connectivity index (χ3v) is 6.43. The number of carbonyl (C=O) groups is 1. The van der Waals surface area contributed by atoms with E-state index in [9.17, 15) is 9.59 Å². The Kier molecular flexibility index (Phi) is 6.28. The van der Waals surface area contributed by atoms with E-state index in [1.54, 1.807) is 12.3 Å². The molecule has 182 valence electrons. The number of fused-ring (bicyclic) bond motifs is 1. The van der Waals surface area contributed by atoms with Crippen LogP contribution in [0.4, 0.5) is 28.4 Å². The van der Waals surface area contributed by atoms with Crippen molar-refractivity contribution < 1.29 is 9.53 Å². The summed E-state index contributed by atoms with van der Waals surface area (Å²) in [7, 11) is 0. The second-order valence-electron chi connectivity index (χ2n) is 8.80. The molecule has 0 atom stereocenters. The summed E-state index contributed by atoms with van der Waals surface area (Å²) >= 11 is 0. The molecule has 1 aromatic carbocycles. The number of aromatic amines is 1. The molecule has 0 spiro atoms. The molecular formula is C25H29N7O3. The van der Waals surface area contributed by atoms with Gasteiger partial charge in [-0.2, -0.15) is 0 Å². The van der Waals surface area contributed by atoms with Crippen molar-refractivity contribution in [3.63, 3.8) is 0 Å². The van der Waals surface area contributed by atoms with E-state index in [-0.39, 0.29) is 11.6 Å². The first-order valence-corrected chi connectivity index (χ1v) is 11.8. The van der Waals surface area contributed by atoms with Gasteiger partial charge in [-0.25, -0.2) is 4.98 Å². The number of benzene rings is 1. The summed E-state index contributed by atoms with van der Waals surface area (Å²) in [6, 6.07) is 9.55. The lowest BCUT2D eigenvalue weighted by Gasteiger charge is -2.32. The summed E-state index contributed by atoms with van der Waals surface area (Å²) in [6.07, 6.45) is 5.07. The summed E-state index contributed by atoms with van der Waals surface area (Å²) in [5, 5.41) is 9.32. The Bertz CT molecular complexity index is 1280. The zero-order valence-corrected chi connectivity index (χ0v) is 19.6. The van der Waals surface area contributed by atoms with Crippen LogP contribution in [0.1, 0.15) is 28.8 Å². The molecule has 0 saturated carbocycles. The monoisotopic (exact) mass is 475 g/mol. The second kappa shape index (κ2) is 9.67. The van der Waals surface area contributed by atoms with Gasteiger partial charge in [0.1, 0.15) is 17.9 Å². The molecule has 6 N–H and O–H groups in total. The lowest BCUT2D eigenvalue weighted by atomic mass is 10.1. The van der Waals surface area contributed by atoms with E-state index in [4.69, 9.17) is 10.5 Å². The van der Waals surface area contributed by atoms with Crippen molar-refractivity contribution in [2.45, 2.75) is 25.8 Å². The summed E-state index contributed by atoms with van der Waals surface area (Å²) in [4.78, 5) is 35.0. The topological polar surface area (TPSA) is 137 Å². The first-order chi connectivity index (χ1) is 17.0. The van der Waals surface area contributed by atoms with Gasteiger partial charge in [0.15, 0.2) is 0 Å². The van der Waals surface area contributed by atoms with Crippen LogP contribution in [0, 0.1) is 6.92 Å². The fourth-order valence-corrected chi connectivity index (χ4v) is 4.41. The van der Waals surface area contributed by atoms with Gasteiger partial charge in [-0.3, -0.25) is 9.59 Å². The van der Waals surface area contributed by atoms with Gasteiger partial charge in [0.2, 0.25) is 5.88 Å². The number of ether oxygens (including phenoxy) is 1. The number of rotatable bonds is 5. The van der Waals surface area contributed by atoms with Crippen molar-refractivity contribution in [1.82, 2.24) is 9.97 Å². The Labute approximate surface area is 202 Å². The largest absolute Gasteiger partial charge is 0.474 e. The Hall–Kier alpha value is -4.05. The second-order valence-corrected chi connectivity index (χ2v) is 8.80. The van der Waals surface area contributed by atoms with Gasteiger partial charge >= 0.3 is 0 Å². The van der Waals surface area contributed by atoms with Crippen molar-refractivity contribution in [2.24, 2.45) is 5.73 Å². The fraction of sp³-hybridized carbons (Fsp3) is 0.320. The quantitative estimate of drug-likeness (QED) is 0.380. The molecule has 10 heteroatoms. The molecule has 4 heterocycles. The minimum absolute atomic E-state index is 0.0112. The number of hydrogen-bond donors (Lipinski definition) is 5. The summed E-state index contributed by atoms with van der Waals surface area (Å²) in [6.45, 7) is 4.99. The van der Waals surface area contributed by atoms with Gasteiger partial charge in [-0.05, 0) is 50.1 Å². The number of piperidine rings is 1. The zero-order valence-electron chi connectivity index (χ0n) is 19.6. The lowest BCUT2D eigenvalue weighted by Crippen LogP contribution is -2.39. The average Bonchev–Trinajstić information content (AvgIpc) is 2.87. The highest BCUT2D eigenvalue weighted by Crippen LogP contribution is 2.34. The van der Waals surface area contributed by atoms with Gasteiger partial charge in [-0.1, -0.05) is 0 Å². The Morgan fingerprint density at radius 1 is 1.17 bits per heavy atom. The minimum atomic E-state index is -0.504. The Morgan fingerprint density at radius 3 is 2.71 bits per heavy atom. The predicted molar refractivity (Wildman–Crippen MR) is 137 cm³/mol. The molecule has 1 amide bonds. The lowest BCUT2D eigenvalue weighted by molar-refractivity contribution is 0.102. The highest BCUT2D eigenvalue weighted by atomic mass is 16.5. The van der Waals surface area contributed by atoms with Crippen LogP contribution in [0.5, 0.6) is 5.88 Å². The average molecular weight is 476 g/mol. The van der Waals surface area contributed by atoms with Crippen LogP contribution in [0.3, 0.4) is 0 Å². The van der Waals surface area contributed by atoms with Crippen LogP contribution in [-0.4, -0.2) is 48.2 Å². The number of amides is 1. The first kappa shape index (κ1) is 22.7. The number of nitrogens with zero attached hydrogens (tertiary/aromatic N) is 2. The van der Waals surface area contributed by atoms with Crippen LogP contribution in [0.25, 0.3) is 0 Å². The predicted octanol–water partition coefficient (Wildman–Crippen LogP) is 2.81. The number of hydrogen-bond acceptors (Lipinski definition) is 8. The Morgan fingerprint density at radius 2 is 1.94 bits per heavy atom. The Balaban J connectivity index is 1.34. The molecule has 35 heavy (non-hydrogen) atoms. The maximum Gasteiger partial charge on any atom is 0.263 e. The van der Waals surface area contributed by atoms with Crippen molar-refractivity contribution in [2.75, 3.05) is 47.1 Å². The zero-order chi connectivity index (χ0) is 24.4. The molecule has 10 nitrogen and oxygen atoms in total. The van der Waals surface area contributed by atoms with E-state index >= 15 is 0 Å². The minimum Gasteiger partial charge on any atom is -0.474 e. The van der Waals surface area contributed by atoms with Crippen LogP contribution in [0.15, 0.2) is 47.5 Å². The number of anilines is 5. The third-order valence-electron chi connectivity index (χ3n) is 6.43. The molecule has 1 fully saturated rings. The molecule has 0 radical (unpaired) electrons. The summed E-state index contributed by atoms with van der Waals surface area (Å²) in [5.41, 5.74) is 9.93. The van der Waals surface area contributed by atoms with E-state index in [0.717, 1.165) is 42.9 Å². The number of carbonyl (C=O) groups excluding carboxylic acids is 1. The first-order valence-electron chi connectivity index (χ1n) is 11.8. The van der Waals surface area contributed by atoms with Gasteiger partial charge < -0.3 is 36.3 Å². The molecule has 2 aromatic heterocycles. The number of H-pyrrole nitrogens is 1. The highest BCUT2D eigenvalue weighted by Gasteiger charge is 2.21. The normalized spacial score (nSPS) is 15.5. The fourth-order valence-electron chi connectivity index (χ4n) is 4.41. The summed E-state index contributed by atoms with van der Waals surface area (Å²) < 4.78 is 5.58. The number of nitrogens with one attached hydrogen (secondary N) is 4. The van der Waals surface area contributed by atoms with Crippen molar-refractivity contribution in [3.05, 3.63) is 64.2 Å². The molecule has 0 unspecified atom stereocenters. The van der Waals surface area contributed by atoms with E-state index in [2.05, 4.69) is 30.8 Å². The SMILES string of the molecule is Cc1c(Nc2cc[nH]c(=O)c2C(=O)Nc2ccc(N3CCC(N)CC3)cc2)cnc2c1NCCO2. The van der Waals surface area contributed by atoms with E-state index in [1.165, 1.54) is 6.20 Å². The van der Waals surface area contributed by atoms with Crippen LogP contribution in [0.2, 0.25) is 0 Å². The van der Waals surface area contributed by atoms with Gasteiger partial charge in [0, 0.05) is 48.8 Å². The smallest absolute Gasteiger partial charge is 0.263 e. The molecule has 0 aliphatic carbocycles. The number of aromatic nitrogens is 2. The van der Waals surface area contributed by atoms with E-state index in [0.29, 0.717) is 36.1 Å². The van der Waals surface area contributed by atoms with E-state index in [1.807, 2.05) is 31.2 Å². The molecule has 2 aliphatic heterocycles. The van der Waals surface area contributed by atoms with E-state index < -0.39 is 11.5 Å². The molecule has 3 aromatic rings. The van der Waals surface area contributed by atoms with Crippen LogP contribution >= 0.6 is 0 Å². The number of nitrogens with two attached hydrogens (primary N) is 1. The molecule has 1 saturated heterocycles. The molecular weight excluding hydrogens is 446 g/mol. The van der Waals surface area contributed by atoms with Crippen LogP contribution in [-0.2, 0) is 0 Å². The van der Waals surface area contributed by atoms with Crippen molar-refractivity contribution in [3.8, 4) is 5.88 Å². The van der Waals surface area contributed by atoms with Gasteiger partial charge in [-0.15, -0.1) is 0 Å². The van der Waals surface area contributed by atoms with Crippen molar-refractivity contribution >= 4 is 34.3 Å². The van der Waals surface area contributed by atoms with Gasteiger partial charge in [0.05, 0.1) is 17.6 Å².